The normalized spacial score (nSPS) is 21.3. The largest absolute Gasteiger partial charge is 0.454 e. The minimum absolute atomic E-state index is 0.0171. The number of carbonyl (C=O) groups excluding carboxylic acids is 1. The molecule has 3 heteroatoms. The van der Waals surface area contributed by atoms with Crippen molar-refractivity contribution in [2.45, 2.75) is 69.8 Å². The van der Waals surface area contributed by atoms with Crippen molar-refractivity contribution in [3.8, 4) is 0 Å². The Morgan fingerprint density at radius 3 is 2.50 bits per heavy atom. The van der Waals surface area contributed by atoms with Crippen LogP contribution in [0, 0.1) is 5.92 Å². The Labute approximate surface area is 146 Å². The van der Waals surface area contributed by atoms with E-state index in [1.54, 1.807) is 0 Å². The van der Waals surface area contributed by atoms with E-state index in [2.05, 4.69) is 17.4 Å². The predicted molar refractivity (Wildman–Crippen MR) is 96.7 cm³/mol. The molecule has 1 aliphatic carbocycles. The van der Waals surface area contributed by atoms with Gasteiger partial charge in [0.1, 0.15) is 5.60 Å². The van der Waals surface area contributed by atoms with E-state index >= 15 is 0 Å². The first kappa shape index (κ1) is 17.5. The van der Waals surface area contributed by atoms with E-state index in [1.165, 1.54) is 38.5 Å². The molecule has 1 heterocycles. The molecule has 1 aliphatic heterocycles. The van der Waals surface area contributed by atoms with Crippen LogP contribution in [0.15, 0.2) is 30.3 Å². The van der Waals surface area contributed by atoms with Gasteiger partial charge in [-0.15, -0.1) is 0 Å². The monoisotopic (exact) mass is 329 g/mol. The Hall–Kier alpha value is -1.35. The summed E-state index contributed by atoms with van der Waals surface area (Å²) in [4.78, 5) is 12.5. The second-order valence-electron chi connectivity index (χ2n) is 7.48. The Balaban J connectivity index is 1.53. The maximum Gasteiger partial charge on any atom is 0.306 e. The molecule has 0 aromatic heterocycles. The number of carbonyl (C=O) groups is 1. The third-order valence-electron chi connectivity index (χ3n) is 5.74. The van der Waals surface area contributed by atoms with E-state index in [4.69, 9.17) is 4.74 Å². The van der Waals surface area contributed by atoms with Gasteiger partial charge in [-0.05, 0) is 37.4 Å². The lowest BCUT2D eigenvalue weighted by Gasteiger charge is -2.37. The highest BCUT2D eigenvalue weighted by molar-refractivity contribution is 5.70. The van der Waals surface area contributed by atoms with Crippen molar-refractivity contribution in [2.24, 2.45) is 5.92 Å². The van der Waals surface area contributed by atoms with E-state index in [-0.39, 0.29) is 5.97 Å². The van der Waals surface area contributed by atoms with Gasteiger partial charge in [0.2, 0.25) is 0 Å². The van der Waals surface area contributed by atoms with Crippen molar-refractivity contribution < 1.29 is 9.53 Å². The van der Waals surface area contributed by atoms with E-state index in [9.17, 15) is 4.79 Å². The van der Waals surface area contributed by atoms with Gasteiger partial charge in [0.15, 0.2) is 0 Å². The van der Waals surface area contributed by atoms with Crippen LogP contribution >= 0.6 is 0 Å². The number of nitrogens with one attached hydrogen (secondary N) is 1. The van der Waals surface area contributed by atoms with Crippen molar-refractivity contribution >= 4 is 5.97 Å². The third kappa shape index (κ3) is 4.60. The van der Waals surface area contributed by atoms with Gasteiger partial charge in [-0.2, -0.15) is 0 Å². The lowest BCUT2D eigenvalue weighted by atomic mass is 9.84. The van der Waals surface area contributed by atoms with Gasteiger partial charge in [-0.1, -0.05) is 62.4 Å². The number of piperidine rings is 1. The van der Waals surface area contributed by atoms with Crippen molar-refractivity contribution in [3.05, 3.63) is 35.9 Å². The molecule has 24 heavy (non-hydrogen) atoms. The Morgan fingerprint density at radius 1 is 1.08 bits per heavy atom. The number of rotatable bonds is 6. The lowest BCUT2D eigenvalue weighted by Crippen LogP contribution is -2.43. The highest BCUT2D eigenvalue weighted by Gasteiger charge is 2.37. The van der Waals surface area contributed by atoms with Crippen LogP contribution in [0.4, 0.5) is 0 Å². The molecule has 3 nitrogen and oxygen atoms in total. The van der Waals surface area contributed by atoms with Crippen LogP contribution in [0.25, 0.3) is 0 Å². The summed E-state index contributed by atoms with van der Waals surface area (Å²) in [5.41, 5.74) is 0.723. The first-order chi connectivity index (χ1) is 11.8. The molecule has 1 saturated heterocycles. The molecule has 0 spiro atoms. The van der Waals surface area contributed by atoms with Gasteiger partial charge in [-0.3, -0.25) is 4.79 Å². The van der Waals surface area contributed by atoms with Crippen molar-refractivity contribution in [3.63, 3.8) is 0 Å². The summed E-state index contributed by atoms with van der Waals surface area (Å²) in [5, 5.41) is 3.38. The molecule has 0 bridgehead atoms. The third-order valence-corrected chi connectivity index (χ3v) is 5.74. The zero-order valence-corrected chi connectivity index (χ0v) is 14.8. The zero-order valence-electron chi connectivity index (χ0n) is 14.8. The van der Waals surface area contributed by atoms with Gasteiger partial charge in [0, 0.05) is 19.3 Å². The number of esters is 1. The molecule has 1 saturated carbocycles. The second-order valence-corrected chi connectivity index (χ2v) is 7.48. The molecule has 132 valence electrons. The summed E-state index contributed by atoms with van der Waals surface area (Å²) < 4.78 is 6.08. The highest BCUT2D eigenvalue weighted by Crippen LogP contribution is 2.35. The van der Waals surface area contributed by atoms with Crippen LogP contribution in [0.3, 0.4) is 0 Å². The molecule has 1 N–H and O–H groups in total. The summed E-state index contributed by atoms with van der Waals surface area (Å²) >= 11 is 0. The molecule has 0 radical (unpaired) electrons. The smallest absolute Gasteiger partial charge is 0.306 e. The van der Waals surface area contributed by atoms with Crippen molar-refractivity contribution in [1.29, 1.82) is 0 Å². The van der Waals surface area contributed by atoms with Gasteiger partial charge >= 0.3 is 5.97 Å². The molecule has 0 unspecified atom stereocenters. The SMILES string of the molecule is O=C(CCCC1CCCCC1)OC1(c2ccccc2)CCNCC1. The molecule has 0 atom stereocenters. The number of benzene rings is 1. The van der Waals surface area contributed by atoms with E-state index in [0.29, 0.717) is 6.42 Å². The molecule has 1 aromatic rings. The van der Waals surface area contributed by atoms with Gasteiger partial charge in [0.25, 0.3) is 0 Å². The van der Waals surface area contributed by atoms with Crippen LogP contribution in [-0.2, 0) is 15.1 Å². The molecule has 1 aromatic carbocycles. The number of hydrogen-bond donors (Lipinski definition) is 1. The van der Waals surface area contributed by atoms with Crippen LogP contribution in [0.5, 0.6) is 0 Å². The molecule has 3 rings (SSSR count). The summed E-state index contributed by atoms with van der Waals surface area (Å²) in [6, 6.07) is 10.3. The van der Waals surface area contributed by atoms with E-state index < -0.39 is 5.60 Å². The van der Waals surface area contributed by atoms with Crippen LogP contribution in [0.2, 0.25) is 0 Å². The van der Waals surface area contributed by atoms with Crippen molar-refractivity contribution in [2.75, 3.05) is 13.1 Å². The zero-order chi connectivity index (χ0) is 16.7. The molecule has 2 aliphatic rings. The van der Waals surface area contributed by atoms with Crippen LogP contribution < -0.4 is 5.32 Å². The minimum Gasteiger partial charge on any atom is -0.454 e. The fraction of sp³-hybridized carbons (Fsp3) is 0.667. The summed E-state index contributed by atoms with van der Waals surface area (Å²) in [6.07, 6.45) is 11.3. The average molecular weight is 329 g/mol. The van der Waals surface area contributed by atoms with Crippen LogP contribution in [-0.4, -0.2) is 19.1 Å². The fourth-order valence-electron chi connectivity index (χ4n) is 4.30. The van der Waals surface area contributed by atoms with Crippen LogP contribution in [0.1, 0.15) is 69.8 Å². The highest BCUT2D eigenvalue weighted by atomic mass is 16.6. The Bertz CT molecular complexity index is 502. The molecule has 0 amide bonds. The van der Waals surface area contributed by atoms with Gasteiger partial charge in [-0.25, -0.2) is 0 Å². The molecular weight excluding hydrogens is 298 g/mol. The maximum atomic E-state index is 12.5. The maximum absolute atomic E-state index is 12.5. The topological polar surface area (TPSA) is 38.3 Å². The Kier molecular flexibility index (Phi) is 6.30. The average Bonchev–Trinajstić information content (AvgIpc) is 2.64. The minimum atomic E-state index is -0.422. The summed E-state index contributed by atoms with van der Waals surface area (Å²) in [6.45, 7) is 1.81. The van der Waals surface area contributed by atoms with E-state index in [0.717, 1.165) is 43.8 Å². The van der Waals surface area contributed by atoms with Gasteiger partial charge < -0.3 is 10.1 Å². The van der Waals surface area contributed by atoms with Crippen molar-refractivity contribution in [1.82, 2.24) is 5.32 Å². The second kappa shape index (κ2) is 8.66. The van der Waals surface area contributed by atoms with Gasteiger partial charge in [0.05, 0.1) is 0 Å². The summed E-state index contributed by atoms with van der Waals surface area (Å²) in [5.74, 6) is 0.824. The first-order valence-corrected chi connectivity index (χ1v) is 9.77. The lowest BCUT2D eigenvalue weighted by molar-refractivity contribution is -0.164. The number of ether oxygens (including phenoxy) is 1. The first-order valence-electron chi connectivity index (χ1n) is 9.77. The molecule has 2 fully saturated rings. The summed E-state index contributed by atoms with van der Waals surface area (Å²) in [7, 11) is 0. The van der Waals surface area contributed by atoms with E-state index in [1.807, 2.05) is 18.2 Å². The molecular formula is C21H31NO2. The number of hydrogen-bond acceptors (Lipinski definition) is 3. The Morgan fingerprint density at radius 2 is 1.79 bits per heavy atom. The fourth-order valence-corrected chi connectivity index (χ4v) is 4.30. The quantitative estimate of drug-likeness (QED) is 0.778. The standard InChI is InChI=1S/C21H31NO2/c23-20(13-7-10-18-8-3-1-4-9-18)24-21(14-16-22-17-15-21)19-11-5-2-6-12-19/h2,5-6,11-12,18,22H,1,3-4,7-10,13-17H2. The predicted octanol–water partition coefficient (Wildman–Crippen LogP) is 4.56.